The predicted molar refractivity (Wildman–Crippen MR) is 155 cm³/mol. The number of rotatable bonds is 10. The molecule has 0 bridgehead atoms. The molecule has 1 saturated carbocycles. The van der Waals surface area contributed by atoms with Crippen molar-refractivity contribution in [1.82, 2.24) is 0 Å². The van der Waals surface area contributed by atoms with E-state index in [1.54, 1.807) is 0 Å². The maximum Gasteiger partial charge on any atom is 0.155 e. The van der Waals surface area contributed by atoms with Crippen molar-refractivity contribution in [2.24, 2.45) is 11.8 Å². The zero-order valence-corrected chi connectivity index (χ0v) is 22.0. The second-order valence-electron chi connectivity index (χ2n) is 10.9. The topological polar surface area (TPSA) is 34.1 Å². The second-order valence-corrected chi connectivity index (χ2v) is 10.9. The van der Waals surface area contributed by atoms with Gasteiger partial charge < -0.3 is 0 Å². The van der Waals surface area contributed by atoms with Gasteiger partial charge in [0.1, 0.15) is 5.78 Å². The number of hydrogen-bond donors (Lipinski definition) is 0. The lowest BCUT2D eigenvalue weighted by Gasteiger charge is -2.35. The Morgan fingerprint density at radius 2 is 1.72 bits per heavy atom. The molecule has 36 heavy (non-hydrogen) atoms. The van der Waals surface area contributed by atoms with Crippen molar-refractivity contribution in [3.05, 3.63) is 107 Å². The van der Waals surface area contributed by atoms with E-state index in [2.05, 4.69) is 50.8 Å². The van der Waals surface area contributed by atoms with Gasteiger partial charge in [-0.1, -0.05) is 91.7 Å². The molecule has 2 aliphatic carbocycles. The van der Waals surface area contributed by atoms with Crippen LogP contribution in [0.4, 0.5) is 0 Å². The number of carbonyl (C=O) groups is 2. The van der Waals surface area contributed by atoms with Crippen LogP contribution in [0.5, 0.6) is 0 Å². The molecule has 2 aromatic carbocycles. The predicted octanol–water partition coefficient (Wildman–Crippen LogP) is 8.87. The lowest BCUT2D eigenvalue weighted by molar-refractivity contribution is -0.118. The Hall–Kier alpha value is -3.00. The third-order valence-electron chi connectivity index (χ3n) is 7.96. The molecule has 2 aliphatic rings. The normalized spacial score (nSPS) is 22.2. The minimum absolute atomic E-state index is 0. The maximum absolute atomic E-state index is 12.7. The first-order valence-corrected chi connectivity index (χ1v) is 13.6. The van der Waals surface area contributed by atoms with Crippen molar-refractivity contribution < 1.29 is 13.9 Å². The molecular weight excluding hydrogens is 440 g/mol. The summed E-state index contributed by atoms with van der Waals surface area (Å²) >= 11 is 0. The van der Waals surface area contributed by atoms with Gasteiger partial charge in [0.2, 0.25) is 0 Å². The van der Waals surface area contributed by atoms with E-state index < -0.39 is 0 Å². The van der Waals surface area contributed by atoms with Crippen LogP contribution in [0.1, 0.15) is 85.7 Å². The number of hydrogen-bond acceptors (Lipinski definition) is 2. The van der Waals surface area contributed by atoms with E-state index >= 15 is 0 Å². The molecule has 0 spiro atoms. The van der Waals surface area contributed by atoms with Gasteiger partial charge in [0.15, 0.2) is 5.78 Å². The molecule has 0 saturated heterocycles. The lowest BCUT2D eigenvalue weighted by atomic mass is 9.69. The van der Waals surface area contributed by atoms with Crippen LogP contribution in [0.3, 0.4) is 0 Å². The van der Waals surface area contributed by atoms with Gasteiger partial charge >= 0.3 is 0 Å². The molecular formula is C34H46O2. The Kier molecular flexibility index (Phi) is 8.91. The van der Waals surface area contributed by atoms with Crippen molar-refractivity contribution in [1.29, 1.82) is 0 Å². The molecule has 2 heteroatoms. The van der Waals surface area contributed by atoms with E-state index in [0.717, 1.165) is 30.4 Å². The summed E-state index contributed by atoms with van der Waals surface area (Å²) in [7, 11) is 0. The molecule has 2 aromatic rings. The Bertz CT molecular complexity index is 1170. The van der Waals surface area contributed by atoms with Crippen molar-refractivity contribution in [3.63, 3.8) is 0 Å². The van der Waals surface area contributed by atoms with Crippen LogP contribution in [0.2, 0.25) is 0 Å². The molecule has 0 radical (unpaired) electrons. The molecule has 0 aliphatic heterocycles. The Morgan fingerprint density at radius 3 is 2.50 bits per heavy atom. The van der Waals surface area contributed by atoms with Crippen molar-refractivity contribution in [2.75, 3.05) is 0 Å². The van der Waals surface area contributed by atoms with Gasteiger partial charge in [-0.3, -0.25) is 9.59 Å². The third kappa shape index (κ3) is 6.81. The average Bonchev–Trinajstić information content (AvgIpc) is 2.87. The van der Waals surface area contributed by atoms with E-state index in [0.29, 0.717) is 37.0 Å². The smallest absolute Gasteiger partial charge is 0.155 e. The van der Waals surface area contributed by atoms with E-state index in [-0.39, 0.29) is 15.8 Å². The second kappa shape index (κ2) is 12.3. The summed E-state index contributed by atoms with van der Waals surface area (Å²) in [6, 6.07) is 18.8. The fourth-order valence-corrected chi connectivity index (χ4v) is 6.40. The molecule has 194 valence electrons. The summed E-state index contributed by atoms with van der Waals surface area (Å²) in [6.45, 7) is 8.20. The first-order valence-electron chi connectivity index (χ1n) is 13.6. The standard InChI is InChI=1S/C34H40O2.3H2/c1-4-32(35)17-16-31-19-24(2)18-25(3)34(31)30-15-9-14-29(23-30)28-13-8-12-27(20-28)22-33(36)21-26-10-6-5-7-11-26;;;/h4-8,10-13,18,20,24,29-30H,1,9,14-17,19,21-23H2,2-3H3;3*1H. The summed E-state index contributed by atoms with van der Waals surface area (Å²) < 4.78 is 0. The fourth-order valence-electron chi connectivity index (χ4n) is 6.40. The van der Waals surface area contributed by atoms with Crippen LogP contribution in [0.25, 0.3) is 0 Å². The number of benzene rings is 2. The molecule has 0 heterocycles. The number of allylic oxidation sites excluding steroid dienone is 5. The van der Waals surface area contributed by atoms with E-state index in [4.69, 9.17) is 0 Å². The summed E-state index contributed by atoms with van der Waals surface area (Å²) in [5, 5.41) is 0. The molecule has 4 rings (SSSR count). The Morgan fingerprint density at radius 1 is 1.00 bits per heavy atom. The highest BCUT2D eigenvalue weighted by atomic mass is 16.1. The van der Waals surface area contributed by atoms with Crippen molar-refractivity contribution in [2.45, 2.75) is 77.6 Å². The first-order chi connectivity index (χ1) is 17.4. The SMILES string of the molecule is C=CC(=O)CCC1=C(C2CCCC(c3cccc(CC(=O)Cc4ccccc4)c3)C2)C(C)=CC(C)C1.[HH].[HH].[HH]. The average molecular weight is 487 g/mol. The van der Waals surface area contributed by atoms with Gasteiger partial charge in [-0.25, -0.2) is 0 Å². The largest absolute Gasteiger partial charge is 0.299 e. The molecule has 0 aromatic heterocycles. The first kappa shape index (κ1) is 26.1. The number of Topliss-reactive ketones (excluding diaryl/α,β-unsaturated/α-hetero) is 1. The zero-order valence-electron chi connectivity index (χ0n) is 22.0. The molecule has 0 amide bonds. The van der Waals surface area contributed by atoms with Gasteiger partial charge in [-0.2, -0.15) is 0 Å². The van der Waals surface area contributed by atoms with Crippen LogP contribution >= 0.6 is 0 Å². The van der Waals surface area contributed by atoms with E-state index in [9.17, 15) is 9.59 Å². The summed E-state index contributed by atoms with van der Waals surface area (Å²) in [6.07, 6.45) is 12.2. The fraction of sp³-hybridized carbons (Fsp3) is 0.412. The van der Waals surface area contributed by atoms with Crippen LogP contribution in [0, 0.1) is 11.8 Å². The molecule has 3 unspecified atom stereocenters. The van der Waals surface area contributed by atoms with Crippen LogP contribution in [-0.2, 0) is 22.4 Å². The number of carbonyl (C=O) groups excluding carboxylic acids is 2. The molecule has 3 atom stereocenters. The third-order valence-corrected chi connectivity index (χ3v) is 7.96. The van der Waals surface area contributed by atoms with Crippen LogP contribution in [-0.4, -0.2) is 11.6 Å². The van der Waals surface area contributed by atoms with Gasteiger partial charge in [0.05, 0.1) is 0 Å². The molecule has 0 N–H and O–H groups in total. The number of ketones is 2. The monoisotopic (exact) mass is 486 g/mol. The van der Waals surface area contributed by atoms with E-state index in [1.807, 2.05) is 30.3 Å². The highest BCUT2D eigenvalue weighted by Gasteiger charge is 2.30. The van der Waals surface area contributed by atoms with Crippen LogP contribution < -0.4 is 0 Å². The highest BCUT2D eigenvalue weighted by molar-refractivity contribution is 5.89. The minimum atomic E-state index is 0. The van der Waals surface area contributed by atoms with Crippen molar-refractivity contribution >= 4 is 11.6 Å². The highest BCUT2D eigenvalue weighted by Crippen LogP contribution is 2.45. The molecule has 2 nitrogen and oxygen atoms in total. The quantitative estimate of drug-likeness (QED) is 0.314. The Labute approximate surface area is 221 Å². The molecule has 1 fully saturated rings. The van der Waals surface area contributed by atoms with Gasteiger partial charge in [0, 0.05) is 23.5 Å². The lowest BCUT2D eigenvalue weighted by Crippen LogP contribution is -2.21. The van der Waals surface area contributed by atoms with Crippen LogP contribution in [0.15, 0.2) is 90.0 Å². The summed E-state index contributed by atoms with van der Waals surface area (Å²) in [5.74, 6) is 2.00. The van der Waals surface area contributed by atoms with Gasteiger partial charge in [-0.15, -0.1) is 0 Å². The van der Waals surface area contributed by atoms with Gasteiger partial charge in [0.25, 0.3) is 0 Å². The Balaban J connectivity index is 0.00000253. The van der Waals surface area contributed by atoms with Gasteiger partial charge in [-0.05, 0) is 85.1 Å². The summed E-state index contributed by atoms with van der Waals surface area (Å²) in [5.41, 5.74) is 8.02. The minimum Gasteiger partial charge on any atom is -0.299 e. The summed E-state index contributed by atoms with van der Waals surface area (Å²) in [4.78, 5) is 24.7. The maximum atomic E-state index is 12.7. The van der Waals surface area contributed by atoms with Crippen molar-refractivity contribution in [3.8, 4) is 0 Å². The van der Waals surface area contributed by atoms with E-state index in [1.165, 1.54) is 47.6 Å². The zero-order chi connectivity index (χ0) is 25.5.